The molecule has 3 rings (SSSR count). The quantitative estimate of drug-likeness (QED) is 0.867. The molecule has 0 saturated heterocycles. The van der Waals surface area contributed by atoms with Crippen molar-refractivity contribution in [3.05, 3.63) is 21.9 Å². The molecule has 1 aliphatic heterocycles. The van der Waals surface area contributed by atoms with Crippen LogP contribution in [0.3, 0.4) is 0 Å². The highest BCUT2D eigenvalue weighted by atomic mass is 32.1. The van der Waals surface area contributed by atoms with Crippen molar-refractivity contribution in [2.75, 3.05) is 6.54 Å². The van der Waals surface area contributed by atoms with Gasteiger partial charge in [-0.25, -0.2) is 0 Å². The number of nitrogens with two attached hydrogens (primary N) is 1. The van der Waals surface area contributed by atoms with Gasteiger partial charge in [0.2, 0.25) is 5.91 Å². The average Bonchev–Trinajstić information content (AvgIpc) is 2.91. The normalized spacial score (nSPS) is 31.8. The van der Waals surface area contributed by atoms with E-state index in [-0.39, 0.29) is 17.4 Å². The van der Waals surface area contributed by atoms with Gasteiger partial charge in [0.15, 0.2) is 0 Å². The molecule has 1 saturated carbocycles. The minimum absolute atomic E-state index is 0.0102. The van der Waals surface area contributed by atoms with E-state index in [0.29, 0.717) is 11.8 Å². The van der Waals surface area contributed by atoms with Crippen molar-refractivity contribution in [2.24, 2.45) is 23.0 Å². The number of amides is 1. The Hall–Kier alpha value is -0.870. The second-order valence-electron chi connectivity index (χ2n) is 7.28. The summed E-state index contributed by atoms with van der Waals surface area (Å²) < 4.78 is 0. The molecule has 3 nitrogen and oxygen atoms in total. The predicted octanol–water partition coefficient (Wildman–Crippen LogP) is 3.03. The van der Waals surface area contributed by atoms with Crippen LogP contribution >= 0.6 is 11.3 Å². The predicted molar refractivity (Wildman–Crippen MR) is 87.1 cm³/mol. The van der Waals surface area contributed by atoms with Crippen molar-refractivity contribution < 1.29 is 4.79 Å². The fourth-order valence-corrected chi connectivity index (χ4v) is 4.84. The van der Waals surface area contributed by atoms with Crippen LogP contribution in [0, 0.1) is 17.3 Å². The SMILES string of the molecule is CC1C(N)CCC(C(=O)N2CCc3sccc3C2)C1(C)C. The molecule has 1 fully saturated rings. The number of fused-ring (bicyclic) bond motifs is 1. The fraction of sp³-hybridized carbons (Fsp3) is 0.706. The highest BCUT2D eigenvalue weighted by molar-refractivity contribution is 7.10. The highest BCUT2D eigenvalue weighted by Crippen LogP contribution is 2.45. The summed E-state index contributed by atoms with van der Waals surface area (Å²) >= 11 is 1.82. The summed E-state index contributed by atoms with van der Waals surface area (Å²) in [5, 5.41) is 2.14. The van der Waals surface area contributed by atoms with Crippen molar-refractivity contribution in [2.45, 2.75) is 52.6 Å². The van der Waals surface area contributed by atoms with Gasteiger partial charge in [-0.05, 0) is 47.6 Å². The molecule has 2 heterocycles. The molecule has 116 valence electrons. The van der Waals surface area contributed by atoms with Crippen molar-refractivity contribution >= 4 is 17.2 Å². The number of rotatable bonds is 1. The average molecular weight is 306 g/mol. The van der Waals surface area contributed by atoms with Crippen LogP contribution in [0.1, 0.15) is 44.1 Å². The summed E-state index contributed by atoms with van der Waals surface area (Å²) in [6.07, 6.45) is 2.92. The number of carbonyl (C=O) groups excluding carboxylic acids is 1. The topological polar surface area (TPSA) is 46.3 Å². The molecule has 4 heteroatoms. The Bertz CT molecular complexity index is 537. The maximum atomic E-state index is 13.0. The summed E-state index contributed by atoms with van der Waals surface area (Å²) in [5.74, 6) is 0.852. The van der Waals surface area contributed by atoms with Crippen LogP contribution < -0.4 is 5.73 Å². The fourth-order valence-electron chi connectivity index (χ4n) is 3.95. The van der Waals surface area contributed by atoms with E-state index in [1.54, 1.807) is 0 Å². The van der Waals surface area contributed by atoms with Crippen LogP contribution in [0.2, 0.25) is 0 Å². The molecule has 2 aliphatic rings. The van der Waals surface area contributed by atoms with Crippen LogP contribution in [0.15, 0.2) is 11.4 Å². The van der Waals surface area contributed by atoms with Gasteiger partial charge in [-0.1, -0.05) is 20.8 Å². The van der Waals surface area contributed by atoms with Crippen molar-refractivity contribution in [1.29, 1.82) is 0 Å². The minimum atomic E-state index is -0.0102. The van der Waals surface area contributed by atoms with Crippen LogP contribution in [-0.4, -0.2) is 23.4 Å². The van der Waals surface area contributed by atoms with Crippen LogP contribution in [-0.2, 0) is 17.8 Å². The first kappa shape index (κ1) is 15.0. The summed E-state index contributed by atoms with van der Waals surface area (Å²) in [6.45, 7) is 8.32. The van der Waals surface area contributed by atoms with E-state index in [2.05, 4.69) is 37.1 Å². The lowest BCUT2D eigenvalue weighted by molar-refractivity contribution is -0.144. The third-order valence-corrected chi connectivity index (χ3v) is 6.94. The Labute approximate surface area is 131 Å². The van der Waals surface area contributed by atoms with Gasteiger partial charge in [0.25, 0.3) is 0 Å². The monoisotopic (exact) mass is 306 g/mol. The molecule has 0 spiro atoms. The minimum Gasteiger partial charge on any atom is -0.338 e. The molecule has 2 N–H and O–H groups in total. The molecule has 0 radical (unpaired) electrons. The van der Waals surface area contributed by atoms with E-state index < -0.39 is 0 Å². The summed E-state index contributed by atoms with van der Waals surface area (Å²) in [4.78, 5) is 16.6. The third kappa shape index (κ3) is 2.53. The maximum absolute atomic E-state index is 13.0. The van der Waals surface area contributed by atoms with E-state index >= 15 is 0 Å². The van der Waals surface area contributed by atoms with Crippen LogP contribution in [0.25, 0.3) is 0 Å². The Morgan fingerprint density at radius 2 is 2.19 bits per heavy atom. The van der Waals surface area contributed by atoms with Gasteiger partial charge >= 0.3 is 0 Å². The van der Waals surface area contributed by atoms with Gasteiger partial charge < -0.3 is 10.6 Å². The summed E-state index contributed by atoms with van der Waals surface area (Å²) in [6, 6.07) is 2.40. The Balaban J connectivity index is 1.77. The van der Waals surface area contributed by atoms with Crippen molar-refractivity contribution in [3.8, 4) is 0 Å². The van der Waals surface area contributed by atoms with Gasteiger partial charge in [0.05, 0.1) is 0 Å². The van der Waals surface area contributed by atoms with Crippen molar-refractivity contribution in [1.82, 2.24) is 4.90 Å². The van der Waals surface area contributed by atoms with E-state index in [1.807, 2.05) is 11.3 Å². The van der Waals surface area contributed by atoms with Gasteiger partial charge in [-0.3, -0.25) is 4.79 Å². The van der Waals surface area contributed by atoms with Gasteiger partial charge in [-0.2, -0.15) is 0 Å². The lowest BCUT2D eigenvalue weighted by Gasteiger charge is -2.47. The smallest absolute Gasteiger partial charge is 0.226 e. The van der Waals surface area contributed by atoms with E-state index in [9.17, 15) is 4.79 Å². The van der Waals surface area contributed by atoms with Crippen LogP contribution in [0.4, 0.5) is 0 Å². The van der Waals surface area contributed by atoms with E-state index in [0.717, 1.165) is 32.4 Å². The second-order valence-corrected chi connectivity index (χ2v) is 8.28. The van der Waals surface area contributed by atoms with Gasteiger partial charge in [-0.15, -0.1) is 11.3 Å². The molecular weight excluding hydrogens is 280 g/mol. The van der Waals surface area contributed by atoms with E-state index in [4.69, 9.17) is 5.73 Å². The molecule has 1 aromatic heterocycles. The number of nitrogens with zero attached hydrogens (tertiary/aromatic N) is 1. The molecule has 0 aromatic carbocycles. The maximum Gasteiger partial charge on any atom is 0.226 e. The summed E-state index contributed by atoms with van der Waals surface area (Å²) in [5.41, 5.74) is 7.56. The lowest BCUT2D eigenvalue weighted by Crippen LogP contribution is -2.52. The molecule has 21 heavy (non-hydrogen) atoms. The number of hydrogen-bond acceptors (Lipinski definition) is 3. The van der Waals surface area contributed by atoms with Gasteiger partial charge in [0.1, 0.15) is 0 Å². The first-order chi connectivity index (χ1) is 9.91. The largest absolute Gasteiger partial charge is 0.338 e. The number of hydrogen-bond donors (Lipinski definition) is 1. The van der Waals surface area contributed by atoms with Gasteiger partial charge in [0, 0.05) is 29.9 Å². The molecule has 0 bridgehead atoms. The highest BCUT2D eigenvalue weighted by Gasteiger charge is 2.46. The first-order valence-electron chi connectivity index (χ1n) is 8.01. The van der Waals surface area contributed by atoms with Crippen molar-refractivity contribution in [3.63, 3.8) is 0 Å². The Morgan fingerprint density at radius 1 is 1.43 bits per heavy atom. The molecule has 1 aromatic rings. The van der Waals surface area contributed by atoms with E-state index in [1.165, 1.54) is 10.4 Å². The molecule has 3 unspecified atom stereocenters. The number of carbonyl (C=O) groups is 1. The zero-order chi connectivity index (χ0) is 15.2. The molecule has 1 amide bonds. The zero-order valence-electron chi connectivity index (χ0n) is 13.3. The lowest BCUT2D eigenvalue weighted by atomic mass is 9.60. The Morgan fingerprint density at radius 3 is 2.95 bits per heavy atom. The first-order valence-corrected chi connectivity index (χ1v) is 8.89. The van der Waals surface area contributed by atoms with Crippen LogP contribution in [0.5, 0.6) is 0 Å². The molecule has 3 atom stereocenters. The Kier molecular flexibility index (Phi) is 3.87. The molecule has 1 aliphatic carbocycles. The third-order valence-electron chi connectivity index (χ3n) is 5.92. The number of thiophene rings is 1. The zero-order valence-corrected chi connectivity index (χ0v) is 14.1. The molecular formula is C17H26N2OS. The standard InChI is InChI=1S/C17H26N2OS/c1-11-14(18)5-4-13(17(11,2)3)16(20)19-8-6-15-12(10-19)7-9-21-15/h7,9,11,13-14H,4-6,8,10,18H2,1-3H3. The summed E-state index contributed by atoms with van der Waals surface area (Å²) in [7, 11) is 0. The second kappa shape index (κ2) is 5.40.